The topological polar surface area (TPSA) is 41.5 Å². The summed E-state index contributed by atoms with van der Waals surface area (Å²) in [7, 11) is 0. The lowest BCUT2D eigenvalue weighted by molar-refractivity contribution is 0.102. The third-order valence-electron chi connectivity index (χ3n) is 4.12. The highest BCUT2D eigenvalue weighted by Crippen LogP contribution is 2.32. The van der Waals surface area contributed by atoms with Gasteiger partial charge >= 0.3 is 0 Å². The molecule has 1 saturated carbocycles. The van der Waals surface area contributed by atoms with Gasteiger partial charge in [-0.25, -0.2) is 0 Å². The molecule has 2 rings (SSSR count). The fourth-order valence-corrected chi connectivity index (χ4v) is 3.31. The van der Waals surface area contributed by atoms with E-state index in [0.29, 0.717) is 28.4 Å². The summed E-state index contributed by atoms with van der Waals surface area (Å²) >= 11 is 12.0. The summed E-state index contributed by atoms with van der Waals surface area (Å²) < 4.78 is 5.53. The number of para-hydroxylation sites is 1. The number of hydrogen-bond donors (Lipinski definition) is 2. The molecule has 0 aliphatic heterocycles. The van der Waals surface area contributed by atoms with Crippen molar-refractivity contribution in [1.29, 1.82) is 0 Å². The van der Waals surface area contributed by atoms with E-state index in [9.17, 15) is 5.11 Å². The maximum atomic E-state index is 10.0. The Bertz CT molecular complexity index is 430. The first-order valence-electron chi connectivity index (χ1n) is 7.56. The molecule has 0 amide bonds. The summed E-state index contributed by atoms with van der Waals surface area (Å²) in [5.41, 5.74) is 0. The van der Waals surface area contributed by atoms with Gasteiger partial charge in [-0.2, -0.15) is 0 Å². The minimum absolute atomic E-state index is 0.174. The zero-order valence-corrected chi connectivity index (χ0v) is 13.8. The molecule has 0 heterocycles. The Kier molecular flexibility index (Phi) is 6.62. The molecule has 1 fully saturated rings. The second kappa shape index (κ2) is 8.23. The number of benzene rings is 1. The predicted molar refractivity (Wildman–Crippen MR) is 87.4 cm³/mol. The fourth-order valence-electron chi connectivity index (χ4n) is 2.80. The summed E-state index contributed by atoms with van der Waals surface area (Å²) in [6.45, 7) is 2.88. The number of halogens is 2. The fraction of sp³-hybridized carbons (Fsp3) is 0.625. The molecule has 0 radical (unpaired) electrons. The Morgan fingerprint density at radius 2 is 1.90 bits per heavy atom. The van der Waals surface area contributed by atoms with Crippen LogP contribution in [-0.4, -0.2) is 30.4 Å². The van der Waals surface area contributed by atoms with Crippen LogP contribution in [0.3, 0.4) is 0 Å². The molecular weight excluding hydrogens is 309 g/mol. The largest absolute Gasteiger partial charge is 0.488 e. The Morgan fingerprint density at radius 3 is 2.52 bits per heavy atom. The SMILES string of the molecule is C[C@@H](NCC(O)COc1c(Cl)cccc1Cl)C1CCCC1. The summed E-state index contributed by atoms with van der Waals surface area (Å²) in [5.74, 6) is 1.17. The lowest BCUT2D eigenvalue weighted by Crippen LogP contribution is -2.39. The van der Waals surface area contributed by atoms with Crippen molar-refractivity contribution in [3.05, 3.63) is 28.2 Å². The molecule has 21 heavy (non-hydrogen) atoms. The molecule has 0 spiro atoms. The first-order chi connectivity index (χ1) is 10.1. The van der Waals surface area contributed by atoms with Crippen LogP contribution in [0.25, 0.3) is 0 Å². The van der Waals surface area contributed by atoms with Crippen LogP contribution in [0, 0.1) is 5.92 Å². The van der Waals surface area contributed by atoms with Crippen molar-refractivity contribution >= 4 is 23.2 Å². The molecule has 0 bridgehead atoms. The van der Waals surface area contributed by atoms with Crippen molar-refractivity contribution in [2.45, 2.75) is 44.8 Å². The molecule has 0 saturated heterocycles. The normalized spacial score (nSPS) is 18.7. The van der Waals surface area contributed by atoms with Crippen molar-refractivity contribution in [2.24, 2.45) is 5.92 Å². The van der Waals surface area contributed by atoms with Crippen LogP contribution in [0.15, 0.2) is 18.2 Å². The molecule has 3 nitrogen and oxygen atoms in total. The van der Waals surface area contributed by atoms with Gasteiger partial charge in [0.25, 0.3) is 0 Å². The maximum Gasteiger partial charge on any atom is 0.156 e. The summed E-state index contributed by atoms with van der Waals surface area (Å²) in [5, 5.41) is 14.3. The minimum atomic E-state index is -0.582. The van der Waals surface area contributed by atoms with Gasteiger partial charge < -0.3 is 15.2 Å². The van der Waals surface area contributed by atoms with E-state index in [1.54, 1.807) is 18.2 Å². The van der Waals surface area contributed by atoms with Crippen LogP contribution in [0.4, 0.5) is 0 Å². The van der Waals surface area contributed by atoms with Crippen molar-refractivity contribution < 1.29 is 9.84 Å². The second-order valence-electron chi connectivity index (χ2n) is 5.76. The molecular formula is C16H23Cl2NO2. The summed E-state index contributed by atoms with van der Waals surface area (Å²) in [6.07, 6.45) is 4.65. The van der Waals surface area contributed by atoms with Gasteiger partial charge in [-0.15, -0.1) is 0 Å². The number of ether oxygens (including phenoxy) is 1. The lowest BCUT2D eigenvalue weighted by Gasteiger charge is -2.22. The van der Waals surface area contributed by atoms with E-state index in [-0.39, 0.29) is 6.61 Å². The monoisotopic (exact) mass is 331 g/mol. The Morgan fingerprint density at radius 1 is 1.29 bits per heavy atom. The van der Waals surface area contributed by atoms with E-state index in [1.807, 2.05) is 0 Å². The minimum Gasteiger partial charge on any atom is -0.488 e. The highest BCUT2D eigenvalue weighted by molar-refractivity contribution is 6.37. The number of hydrogen-bond acceptors (Lipinski definition) is 3. The molecule has 1 aromatic rings. The van der Waals surface area contributed by atoms with E-state index < -0.39 is 6.10 Å². The van der Waals surface area contributed by atoms with E-state index in [0.717, 1.165) is 5.92 Å². The van der Waals surface area contributed by atoms with Crippen LogP contribution in [0.2, 0.25) is 10.0 Å². The molecule has 0 aromatic heterocycles. The highest BCUT2D eigenvalue weighted by Gasteiger charge is 2.21. The van der Waals surface area contributed by atoms with Gasteiger partial charge in [0, 0.05) is 12.6 Å². The van der Waals surface area contributed by atoms with Crippen molar-refractivity contribution in [3.63, 3.8) is 0 Å². The van der Waals surface area contributed by atoms with Crippen molar-refractivity contribution in [2.75, 3.05) is 13.2 Å². The van der Waals surface area contributed by atoms with Crippen molar-refractivity contribution in [3.8, 4) is 5.75 Å². The average Bonchev–Trinajstić information content (AvgIpc) is 2.98. The third kappa shape index (κ3) is 5.03. The smallest absolute Gasteiger partial charge is 0.156 e. The molecule has 1 aliphatic rings. The Balaban J connectivity index is 1.73. The van der Waals surface area contributed by atoms with Gasteiger partial charge in [0.15, 0.2) is 5.75 Å². The van der Waals surface area contributed by atoms with E-state index >= 15 is 0 Å². The maximum absolute atomic E-state index is 10.0. The van der Waals surface area contributed by atoms with Crippen LogP contribution in [-0.2, 0) is 0 Å². The molecule has 1 aromatic carbocycles. The Labute approximate surface area is 136 Å². The van der Waals surface area contributed by atoms with E-state index in [4.69, 9.17) is 27.9 Å². The highest BCUT2D eigenvalue weighted by atomic mass is 35.5. The van der Waals surface area contributed by atoms with Gasteiger partial charge in [-0.05, 0) is 37.8 Å². The lowest BCUT2D eigenvalue weighted by atomic mass is 10.00. The van der Waals surface area contributed by atoms with Gasteiger partial charge in [0.2, 0.25) is 0 Å². The van der Waals surface area contributed by atoms with Crippen LogP contribution in [0.1, 0.15) is 32.6 Å². The van der Waals surface area contributed by atoms with Gasteiger partial charge in [0.1, 0.15) is 12.7 Å². The average molecular weight is 332 g/mol. The summed E-state index contributed by atoms with van der Waals surface area (Å²) in [4.78, 5) is 0. The van der Waals surface area contributed by atoms with Crippen LogP contribution in [0.5, 0.6) is 5.75 Å². The third-order valence-corrected chi connectivity index (χ3v) is 4.72. The molecule has 1 aliphatic carbocycles. The zero-order valence-electron chi connectivity index (χ0n) is 12.3. The number of rotatable bonds is 7. The molecule has 1 unspecified atom stereocenters. The molecule has 2 N–H and O–H groups in total. The van der Waals surface area contributed by atoms with Gasteiger partial charge in [0.05, 0.1) is 10.0 Å². The van der Waals surface area contributed by atoms with Gasteiger partial charge in [-0.1, -0.05) is 42.1 Å². The number of aliphatic hydroxyl groups is 1. The Hall–Kier alpha value is -0.480. The number of aliphatic hydroxyl groups excluding tert-OH is 1. The number of nitrogens with one attached hydrogen (secondary N) is 1. The molecule has 2 atom stereocenters. The molecule has 5 heteroatoms. The van der Waals surface area contributed by atoms with Crippen LogP contribution >= 0.6 is 23.2 Å². The zero-order chi connectivity index (χ0) is 15.2. The first-order valence-corrected chi connectivity index (χ1v) is 8.31. The predicted octanol–water partition coefficient (Wildman–Crippen LogP) is 3.90. The first kappa shape index (κ1) is 16.9. The van der Waals surface area contributed by atoms with Crippen LogP contribution < -0.4 is 10.1 Å². The second-order valence-corrected chi connectivity index (χ2v) is 6.57. The van der Waals surface area contributed by atoms with Crippen molar-refractivity contribution in [1.82, 2.24) is 5.32 Å². The van der Waals surface area contributed by atoms with E-state index in [2.05, 4.69) is 12.2 Å². The van der Waals surface area contributed by atoms with Gasteiger partial charge in [-0.3, -0.25) is 0 Å². The quantitative estimate of drug-likeness (QED) is 0.796. The molecule has 118 valence electrons. The standard InChI is InChI=1S/C16H23Cl2NO2/c1-11(12-5-2-3-6-12)19-9-13(20)10-21-16-14(17)7-4-8-15(16)18/h4,7-8,11-13,19-20H,2-3,5-6,9-10H2,1H3/t11-,13?/m1/s1. The van der Waals surface area contributed by atoms with E-state index in [1.165, 1.54) is 25.7 Å². The summed E-state index contributed by atoms with van der Waals surface area (Å²) in [6, 6.07) is 5.63.